The van der Waals surface area contributed by atoms with E-state index in [1.165, 1.54) is 0 Å². The molecule has 2 unspecified atom stereocenters. The zero-order chi connectivity index (χ0) is 9.26. The zero-order valence-electron chi connectivity index (χ0n) is 7.86. The van der Waals surface area contributed by atoms with Crippen LogP contribution < -0.4 is 0 Å². The summed E-state index contributed by atoms with van der Waals surface area (Å²) in [6.45, 7) is 2.29. The molecule has 4 nitrogen and oxygen atoms in total. The van der Waals surface area contributed by atoms with Crippen molar-refractivity contribution in [1.82, 2.24) is 4.90 Å². The van der Waals surface area contributed by atoms with Crippen molar-refractivity contribution in [2.75, 3.05) is 26.8 Å². The van der Waals surface area contributed by atoms with Crippen LogP contribution in [0.15, 0.2) is 0 Å². The molecule has 0 aromatic heterocycles. The van der Waals surface area contributed by atoms with E-state index in [1.54, 1.807) is 4.90 Å². The van der Waals surface area contributed by atoms with E-state index < -0.39 is 0 Å². The Labute approximate surface area is 77.8 Å². The Morgan fingerprint density at radius 3 is 3.08 bits per heavy atom. The van der Waals surface area contributed by atoms with Gasteiger partial charge in [-0.05, 0) is 6.42 Å². The first-order chi connectivity index (χ1) is 6.25. The van der Waals surface area contributed by atoms with Crippen LogP contribution in [-0.4, -0.2) is 49.8 Å². The highest BCUT2D eigenvalue weighted by Gasteiger charge is 2.28. The summed E-state index contributed by atoms with van der Waals surface area (Å²) in [6, 6.07) is 0. The minimum atomic E-state index is 0.118. The van der Waals surface area contributed by atoms with Crippen LogP contribution in [0.25, 0.3) is 0 Å². The Morgan fingerprint density at radius 1 is 1.69 bits per heavy atom. The second-order valence-corrected chi connectivity index (χ2v) is 3.72. The van der Waals surface area contributed by atoms with Gasteiger partial charge in [0.15, 0.2) is 0 Å². The van der Waals surface area contributed by atoms with Gasteiger partial charge >= 0.3 is 0 Å². The minimum Gasteiger partial charge on any atom is -0.375 e. The van der Waals surface area contributed by atoms with Gasteiger partial charge < -0.3 is 14.4 Å². The second-order valence-electron chi connectivity index (χ2n) is 3.72. The molecule has 2 aliphatic rings. The van der Waals surface area contributed by atoms with Gasteiger partial charge in [-0.15, -0.1) is 0 Å². The van der Waals surface area contributed by atoms with Crippen molar-refractivity contribution in [3.05, 3.63) is 0 Å². The van der Waals surface area contributed by atoms with E-state index in [1.807, 2.05) is 7.05 Å². The number of nitrogens with zero attached hydrogens (tertiary/aromatic N) is 1. The number of carbonyl (C=O) groups is 1. The molecule has 2 atom stereocenters. The predicted molar refractivity (Wildman–Crippen MR) is 46.4 cm³/mol. The molecule has 4 heteroatoms. The van der Waals surface area contributed by atoms with E-state index in [0.29, 0.717) is 19.1 Å². The third-order valence-electron chi connectivity index (χ3n) is 2.53. The minimum absolute atomic E-state index is 0.118. The molecule has 0 bridgehead atoms. The number of amides is 1. The third kappa shape index (κ3) is 2.42. The highest BCUT2D eigenvalue weighted by Crippen LogP contribution is 2.16. The van der Waals surface area contributed by atoms with E-state index in [-0.39, 0.29) is 12.0 Å². The quantitative estimate of drug-likeness (QED) is 0.582. The molecule has 0 aliphatic carbocycles. The van der Waals surface area contributed by atoms with E-state index in [4.69, 9.17) is 9.47 Å². The predicted octanol–water partition coefficient (Wildman–Crippen LogP) is 0.0226. The number of carbonyl (C=O) groups excluding carboxylic acids is 1. The number of piperidine rings is 1. The largest absolute Gasteiger partial charge is 0.375 e. The van der Waals surface area contributed by atoms with E-state index >= 15 is 0 Å². The summed E-state index contributed by atoms with van der Waals surface area (Å²) in [7, 11) is 1.84. The van der Waals surface area contributed by atoms with Crippen LogP contribution in [0.3, 0.4) is 0 Å². The molecule has 0 radical (unpaired) electrons. The molecular formula is C9H15NO3. The highest BCUT2D eigenvalue weighted by molar-refractivity contribution is 5.77. The molecule has 2 heterocycles. The average Bonchev–Trinajstić information content (AvgIpc) is 2.91. The number of hydrogen-bond donors (Lipinski definition) is 0. The van der Waals surface area contributed by atoms with Crippen LogP contribution in [0.1, 0.15) is 12.8 Å². The molecule has 2 saturated heterocycles. The van der Waals surface area contributed by atoms with Gasteiger partial charge in [0.2, 0.25) is 5.91 Å². The van der Waals surface area contributed by atoms with Gasteiger partial charge in [-0.3, -0.25) is 4.79 Å². The van der Waals surface area contributed by atoms with Crippen molar-refractivity contribution in [2.45, 2.75) is 25.0 Å². The topological polar surface area (TPSA) is 42.1 Å². The summed E-state index contributed by atoms with van der Waals surface area (Å²) in [5.41, 5.74) is 0. The Balaban J connectivity index is 1.71. The monoisotopic (exact) mass is 185 g/mol. The normalized spacial score (nSPS) is 33.6. The average molecular weight is 185 g/mol. The van der Waals surface area contributed by atoms with Gasteiger partial charge in [-0.1, -0.05) is 0 Å². The smallest absolute Gasteiger partial charge is 0.224 e. The van der Waals surface area contributed by atoms with Crippen LogP contribution in [0, 0.1) is 0 Å². The number of hydrogen-bond acceptors (Lipinski definition) is 3. The van der Waals surface area contributed by atoms with Gasteiger partial charge in [0.25, 0.3) is 0 Å². The summed E-state index contributed by atoms with van der Waals surface area (Å²) >= 11 is 0. The van der Waals surface area contributed by atoms with Crippen molar-refractivity contribution in [2.24, 2.45) is 0 Å². The Bertz CT molecular complexity index is 203. The molecule has 74 valence electrons. The van der Waals surface area contributed by atoms with E-state index in [0.717, 1.165) is 19.6 Å². The molecule has 0 aromatic rings. The van der Waals surface area contributed by atoms with Gasteiger partial charge in [0.1, 0.15) is 6.10 Å². The molecule has 2 fully saturated rings. The maximum atomic E-state index is 11.3. The van der Waals surface area contributed by atoms with Crippen LogP contribution in [0.4, 0.5) is 0 Å². The van der Waals surface area contributed by atoms with Crippen molar-refractivity contribution in [3.63, 3.8) is 0 Å². The molecule has 1 amide bonds. The maximum absolute atomic E-state index is 11.3. The second kappa shape index (κ2) is 3.64. The lowest BCUT2D eigenvalue weighted by Gasteiger charge is -2.28. The number of ether oxygens (including phenoxy) is 2. The summed E-state index contributed by atoms with van der Waals surface area (Å²) < 4.78 is 10.6. The Kier molecular flexibility index (Phi) is 2.51. The summed E-state index contributed by atoms with van der Waals surface area (Å²) in [6.07, 6.45) is 1.90. The molecule has 0 N–H and O–H groups in total. The van der Waals surface area contributed by atoms with E-state index in [9.17, 15) is 4.79 Å². The molecule has 2 rings (SSSR count). The van der Waals surface area contributed by atoms with Crippen LogP contribution >= 0.6 is 0 Å². The van der Waals surface area contributed by atoms with Crippen LogP contribution in [-0.2, 0) is 14.3 Å². The van der Waals surface area contributed by atoms with Crippen molar-refractivity contribution in [1.29, 1.82) is 0 Å². The summed E-state index contributed by atoms with van der Waals surface area (Å²) in [5.74, 6) is 0.188. The summed E-state index contributed by atoms with van der Waals surface area (Å²) in [4.78, 5) is 13.0. The Morgan fingerprint density at radius 2 is 2.46 bits per heavy atom. The number of epoxide rings is 1. The van der Waals surface area contributed by atoms with Crippen molar-refractivity contribution < 1.29 is 14.3 Å². The molecule has 0 saturated carbocycles. The first-order valence-electron chi connectivity index (χ1n) is 4.73. The fourth-order valence-electron chi connectivity index (χ4n) is 1.46. The highest BCUT2D eigenvalue weighted by atomic mass is 16.6. The maximum Gasteiger partial charge on any atom is 0.224 e. The fourth-order valence-corrected chi connectivity index (χ4v) is 1.46. The standard InChI is InChI=1S/C9H15NO3/c1-10-3-2-7(4-9(10)11)12-5-8-6-13-8/h7-8H,2-6H2,1H3. The van der Waals surface area contributed by atoms with Gasteiger partial charge in [-0.2, -0.15) is 0 Å². The lowest BCUT2D eigenvalue weighted by Crippen LogP contribution is -2.39. The van der Waals surface area contributed by atoms with Gasteiger partial charge in [-0.25, -0.2) is 0 Å². The Hall–Kier alpha value is -0.610. The van der Waals surface area contributed by atoms with Crippen LogP contribution in [0.2, 0.25) is 0 Å². The molecule has 0 aromatic carbocycles. The fraction of sp³-hybridized carbons (Fsp3) is 0.889. The molecule has 2 aliphatic heterocycles. The molecule has 13 heavy (non-hydrogen) atoms. The number of likely N-dealkylation sites (tertiary alicyclic amines) is 1. The SMILES string of the molecule is CN1CCC(OCC2CO2)CC1=O. The third-order valence-corrected chi connectivity index (χ3v) is 2.53. The number of rotatable bonds is 3. The van der Waals surface area contributed by atoms with Crippen LogP contribution in [0.5, 0.6) is 0 Å². The van der Waals surface area contributed by atoms with E-state index in [2.05, 4.69) is 0 Å². The molecular weight excluding hydrogens is 170 g/mol. The van der Waals surface area contributed by atoms with Crippen molar-refractivity contribution >= 4 is 5.91 Å². The summed E-state index contributed by atoms with van der Waals surface area (Å²) in [5, 5.41) is 0. The lowest BCUT2D eigenvalue weighted by molar-refractivity contribution is -0.137. The first kappa shape index (κ1) is 8.97. The zero-order valence-corrected chi connectivity index (χ0v) is 7.86. The molecule has 0 spiro atoms. The first-order valence-corrected chi connectivity index (χ1v) is 4.73. The van der Waals surface area contributed by atoms with Gasteiger partial charge in [0, 0.05) is 13.6 Å². The van der Waals surface area contributed by atoms with Gasteiger partial charge in [0.05, 0.1) is 25.7 Å². The van der Waals surface area contributed by atoms with Crippen molar-refractivity contribution in [3.8, 4) is 0 Å². The lowest BCUT2D eigenvalue weighted by atomic mass is 10.1.